The molecule has 0 amide bonds. The predicted molar refractivity (Wildman–Crippen MR) is 139 cm³/mol. The van der Waals surface area contributed by atoms with E-state index in [1.165, 1.54) is 24.2 Å². The number of carbonyl (C=O) groups is 1. The van der Waals surface area contributed by atoms with Gasteiger partial charge in [-0.1, -0.05) is 11.6 Å². The number of fused-ring (bicyclic) bond motifs is 1. The molecule has 12 heteroatoms. The van der Waals surface area contributed by atoms with Gasteiger partial charge >= 0.3 is 0 Å². The van der Waals surface area contributed by atoms with E-state index in [0.717, 1.165) is 22.2 Å². The highest BCUT2D eigenvalue weighted by Crippen LogP contribution is 2.35. The lowest BCUT2D eigenvalue weighted by molar-refractivity contribution is 0.112. The number of rotatable bonds is 9. The molecular formula is C23H24ClFN6O2S2. The molecule has 0 bridgehead atoms. The molecule has 8 nitrogen and oxygen atoms in total. The van der Waals surface area contributed by atoms with E-state index >= 15 is 0 Å². The van der Waals surface area contributed by atoms with Crippen molar-refractivity contribution in [1.29, 1.82) is 0 Å². The fourth-order valence-electron chi connectivity index (χ4n) is 3.19. The number of likely N-dealkylation sites (N-methyl/N-ethyl adjacent to an activating group) is 1. The summed E-state index contributed by atoms with van der Waals surface area (Å²) in [5.74, 6) is -0.304. The van der Waals surface area contributed by atoms with Crippen LogP contribution in [0.5, 0.6) is 0 Å². The van der Waals surface area contributed by atoms with E-state index in [4.69, 9.17) is 16.3 Å². The Kier molecular flexibility index (Phi) is 8.69. The molecule has 0 aromatic carbocycles. The second kappa shape index (κ2) is 11.9. The summed E-state index contributed by atoms with van der Waals surface area (Å²) < 4.78 is 24.1. The summed E-state index contributed by atoms with van der Waals surface area (Å²) in [5.41, 5.74) is 2.71. The summed E-state index contributed by atoms with van der Waals surface area (Å²) in [5, 5.41) is 8.96. The highest BCUT2D eigenvalue weighted by Gasteiger charge is 2.24. The maximum absolute atomic E-state index is 14.3. The minimum absolute atomic E-state index is 0.234. The summed E-state index contributed by atoms with van der Waals surface area (Å²) in [4.78, 5) is 19.6. The van der Waals surface area contributed by atoms with Crippen LogP contribution in [0.3, 0.4) is 0 Å². The van der Waals surface area contributed by atoms with Gasteiger partial charge in [-0.25, -0.2) is 13.9 Å². The predicted octanol–water partition coefficient (Wildman–Crippen LogP) is 5.27. The van der Waals surface area contributed by atoms with Crippen molar-refractivity contribution < 1.29 is 13.9 Å². The van der Waals surface area contributed by atoms with E-state index in [-0.39, 0.29) is 11.9 Å². The number of hydrogen-bond donors (Lipinski definition) is 2. The second-order valence-electron chi connectivity index (χ2n) is 7.69. The molecule has 0 saturated heterocycles. The first-order valence-electron chi connectivity index (χ1n) is 10.8. The van der Waals surface area contributed by atoms with Crippen molar-refractivity contribution in [3.05, 3.63) is 64.5 Å². The molecule has 1 unspecified atom stereocenters. The molecule has 0 aliphatic heterocycles. The van der Waals surface area contributed by atoms with E-state index in [0.29, 0.717) is 33.3 Å². The third kappa shape index (κ3) is 6.36. The average Bonchev–Trinajstić information content (AvgIpc) is 3.41. The van der Waals surface area contributed by atoms with Crippen LogP contribution in [0.15, 0.2) is 43.0 Å². The molecule has 5 rings (SSSR count). The van der Waals surface area contributed by atoms with Gasteiger partial charge in [-0.05, 0) is 50.0 Å². The zero-order valence-corrected chi connectivity index (χ0v) is 21.5. The first-order valence-corrected chi connectivity index (χ1v) is 12.9. The van der Waals surface area contributed by atoms with Crippen LogP contribution >= 0.6 is 34.9 Å². The lowest BCUT2D eigenvalue weighted by Gasteiger charge is -2.16. The van der Waals surface area contributed by atoms with Crippen molar-refractivity contribution in [1.82, 2.24) is 24.9 Å². The van der Waals surface area contributed by atoms with Crippen molar-refractivity contribution >= 4 is 52.4 Å². The highest BCUT2D eigenvalue weighted by atomic mass is 35.5. The Morgan fingerprint density at radius 3 is 2.89 bits per heavy atom. The second-order valence-corrected chi connectivity index (χ2v) is 10.3. The molecule has 35 heavy (non-hydrogen) atoms. The van der Waals surface area contributed by atoms with Gasteiger partial charge in [-0.2, -0.15) is 5.10 Å². The lowest BCUT2D eigenvalue weighted by Crippen LogP contribution is -2.23. The molecule has 1 aliphatic carbocycles. The Bertz CT molecular complexity index is 1300. The first-order chi connectivity index (χ1) is 17.0. The van der Waals surface area contributed by atoms with Crippen LogP contribution in [0.1, 0.15) is 34.4 Å². The van der Waals surface area contributed by atoms with Gasteiger partial charge in [0.25, 0.3) is 0 Å². The van der Waals surface area contributed by atoms with Gasteiger partial charge in [-0.15, -0.1) is 11.3 Å². The summed E-state index contributed by atoms with van der Waals surface area (Å²) in [7, 11) is 3.36. The van der Waals surface area contributed by atoms with E-state index in [9.17, 15) is 9.18 Å². The minimum Gasteiger partial charge on any atom is -0.383 e. The number of thiazole rings is 1. The van der Waals surface area contributed by atoms with Gasteiger partial charge in [0.2, 0.25) is 0 Å². The van der Waals surface area contributed by atoms with E-state index in [1.54, 1.807) is 67.5 Å². The third-order valence-corrected chi connectivity index (χ3v) is 7.49. The van der Waals surface area contributed by atoms with E-state index in [2.05, 4.69) is 25.1 Å². The molecule has 1 saturated carbocycles. The number of nitrogens with one attached hydrogen (secondary N) is 2. The van der Waals surface area contributed by atoms with E-state index in [1.807, 2.05) is 6.07 Å². The number of halogens is 2. The monoisotopic (exact) mass is 534 g/mol. The number of ether oxygens (including phenoxy) is 1. The van der Waals surface area contributed by atoms with Crippen LogP contribution < -0.4 is 10.0 Å². The Morgan fingerprint density at radius 1 is 1.37 bits per heavy atom. The van der Waals surface area contributed by atoms with Gasteiger partial charge in [0, 0.05) is 41.5 Å². The van der Waals surface area contributed by atoms with Gasteiger partial charge in [0.15, 0.2) is 17.1 Å². The van der Waals surface area contributed by atoms with E-state index < -0.39 is 0 Å². The maximum Gasteiger partial charge on any atom is 0.178 e. The molecule has 2 N–H and O–H groups in total. The molecule has 0 radical (unpaired) electrons. The quantitative estimate of drug-likeness (QED) is 0.221. The number of aromatic nitrogens is 4. The maximum atomic E-state index is 14.3. The zero-order chi connectivity index (χ0) is 24.8. The van der Waals surface area contributed by atoms with Crippen LogP contribution in [0.25, 0.3) is 16.0 Å². The summed E-state index contributed by atoms with van der Waals surface area (Å²) in [6.45, 7) is 0.389. The normalized spacial score (nSPS) is 13.8. The van der Waals surface area contributed by atoms with Gasteiger partial charge in [0.1, 0.15) is 0 Å². The van der Waals surface area contributed by atoms with Crippen LogP contribution in [0.2, 0.25) is 5.02 Å². The summed E-state index contributed by atoms with van der Waals surface area (Å²) in [6.07, 6.45) is 9.99. The molecule has 4 aromatic heterocycles. The molecule has 1 fully saturated rings. The molecule has 4 heterocycles. The molecule has 1 atom stereocenters. The van der Waals surface area contributed by atoms with Crippen LogP contribution in [-0.2, 0) is 4.74 Å². The number of carbonyl (C=O) groups excluding carboxylic acids is 1. The number of hydrogen-bond acceptors (Lipinski definition) is 9. The van der Waals surface area contributed by atoms with Crippen LogP contribution in [0, 0.1) is 5.82 Å². The Balaban J connectivity index is 0.000000165. The summed E-state index contributed by atoms with van der Waals surface area (Å²) >= 11 is 8.88. The van der Waals surface area contributed by atoms with Gasteiger partial charge in [-0.3, -0.25) is 9.78 Å². The Morgan fingerprint density at radius 2 is 2.20 bits per heavy atom. The van der Waals surface area contributed by atoms with Crippen LogP contribution in [-0.4, -0.2) is 51.9 Å². The highest BCUT2D eigenvalue weighted by molar-refractivity contribution is 8.01. The Hall–Kier alpha value is -2.57. The zero-order valence-electron chi connectivity index (χ0n) is 19.1. The molecule has 184 valence electrons. The molecular weight excluding hydrogens is 511 g/mol. The van der Waals surface area contributed by atoms with Crippen molar-refractivity contribution in [3.8, 4) is 10.4 Å². The smallest absolute Gasteiger partial charge is 0.178 e. The van der Waals surface area contributed by atoms with Crippen molar-refractivity contribution in [2.24, 2.45) is 0 Å². The number of anilines is 1. The van der Waals surface area contributed by atoms with Crippen molar-refractivity contribution in [2.45, 2.75) is 24.1 Å². The van der Waals surface area contributed by atoms with Gasteiger partial charge < -0.3 is 14.8 Å². The third-order valence-electron chi connectivity index (χ3n) is 5.16. The average molecular weight is 535 g/mol. The van der Waals surface area contributed by atoms with Crippen LogP contribution in [0.4, 0.5) is 10.1 Å². The van der Waals surface area contributed by atoms with Crippen molar-refractivity contribution in [2.75, 3.05) is 25.5 Å². The largest absolute Gasteiger partial charge is 0.383 e. The SMILES string of the molecule is CNC(COC)c1nccc(NSC2CC2)c1F.O=Cc1ncc(-c2cnn3ccc(Cl)cc23)s1. The standard InChI is InChI=1S/C12H18FN3OS.C11H6ClN3OS/c1-14-10(7-17-2)12-11(13)9(5-6-15-12)16-18-8-3-4-8;12-7-1-2-15-9(3-7)8(4-14-15)10-5-13-11(6-16)17-10/h5-6,8,10,14H,3-4,7H2,1-2H3,(H,15,16);1-6H. The first kappa shape index (κ1) is 25.5. The topological polar surface area (TPSA) is 93.4 Å². The number of pyridine rings is 2. The van der Waals surface area contributed by atoms with Gasteiger partial charge in [0.05, 0.1) is 40.6 Å². The lowest BCUT2D eigenvalue weighted by atomic mass is 10.2. The number of nitrogens with zero attached hydrogens (tertiary/aromatic N) is 4. The molecule has 1 aliphatic rings. The Labute approximate surface area is 215 Å². The fourth-order valence-corrected chi connectivity index (χ4v) is 4.93. The fraction of sp³-hybridized carbons (Fsp3) is 0.304. The minimum atomic E-state index is -0.304. The number of aldehydes is 1. The summed E-state index contributed by atoms with van der Waals surface area (Å²) in [6, 6.07) is 5.04. The molecule has 4 aromatic rings. The van der Waals surface area contributed by atoms with Crippen molar-refractivity contribution in [3.63, 3.8) is 0 Å². The molecule has 0 spiro atoms. The number of methoxy groups -OCH3 is 1.